The number of aryl methyl sites for hydroxylation is 2. The number of hydrogen-bond acceptors (Lipinski definition) is 4. The zero-order chi connectivity index (χ0) is 17.0. The average Bonchev–Trinajstić information content (AvgIpc) is 2.76. The molecule has 1 aromatic heterocycles. The number of hydrogen-bond donors (Lipinski definition) is 2. The Bertz CT molecular complexity index is 547. The minimum Gasteiger partial charge on any atom is -0.353 e. The molecule has 1 aromatic rings. The van der Waals surface area contributed by atoms with Crippen LogP contribution in [0.5, 0.6) is 0 Å². The standard InChI is InChI=1S/C14H22F3N5O.2ClH/c1-10-7-11(2)22(20-10)9-13(23)19-8-12(14(15,16)17)21-5-3-18-4-6-21;;/h7,12,18H,3-6,8-9H2,1-2H3,(H,19,23);2*1H. The van der Waals surface area contributed by atoms with Crippen LogP contribution in [-0.4, -0.2) is 65.5 Å². The number of aromatic nitrogens is 2. The zero-order valence-electron chi connectivity index (χ0n) is 14.1. The van der Waals surface area contributed by atoms with E-state index in [1.54, 1.807) is 13.8 Å². The van der Waals surface area contributed by atoms with Crippen molar-refractivity contribution < 1.29 is 18.0 Å². The first kappa shape index (κ1) is 24.0. The van der Waals surface area contributed by atoms with E-state index in [-0.39, 0.29) is 31.4 Å². The molecule has 1 saturated heterocycles. The molecule has 0 spiro atoms. The molecular weight excluding hydrogens is 382 g/mol. The van der Waals surface area contributed by atoms with E-state index in [0.717, 1.165) is 11.4 Å². The van der Waals surface area contributed by atoms with Gasteiger partial charge in [-0.05, 0) is 19.9 Å². The van der Waals surface area contributed by atoms with Gasteiger partial charge in [0.15, 0.2) is 0 Å². The topological polar surface area (TPSA) is 62.2 Å². The smallest absolute Gasteiger partial charge is 0.353 e. The molecule has 0 aliphatic carbocycles. The molecule has 1 aliphatic rings. The minimum atomic E-state index is -4.37. The van der Waals surface area contributed by atoms with Crippen LogP contribution in [-0.2, 0) is 11.3 Å². The van der Waals surface area contributed by atoms with Crippen LogP contribution in [0.25, 0.3) is 0 Å². The van der Waals surface area contributed by atoms with Gasteiger partial charge in [0.05, 0.1) is 5.69 Å². The van der Waals surface area contributed by atoms with Crippen molar-refractivity contribution in [2.24, 2.45) is 0 Å². The Morgan fingerprint density at radius 3 is 2.40 bits per heavy atom. The molecule has 0 radical (unpaired) electrons. The van der Waals surface area contributed by atoms with Gasteiger partial charge in [-0.25, -0.2) is 0 Å². The summed E-state index contributed by atoms with van der Waals surface area (Å²) in [4.78, 5) is 13.3. The van der Waals surface area contributed by atoms with Crippen molar-refractivity contribution in [3.63, 3.8) is 0 Å². The average molecular weight is 406 g/mol. The van der Waals surface area contributed by atoms with Crippen LogP contribution >= 0.6 is 24.8 Å². The number of halogens is 5. The molecule has 11 heteroatoms. The summed E-state index contributed by atoms with van der Waals surface area (Å²) in [5.41, 5.74) is 1.57. The molecular formula is C14H24Cl2F3N5O. The lowest BCUT2D eigenvalue weighted by Crippen LogP contribution is -2.57. The Morgan fingerprint density at radius 1 is 1.32 bits per heavy atom. The van der Waals surface area contributed by atoms with Crippen LogP contribution < -0.4 is 10.6 Å². The molecule has 2 N–H and O–H groups in total. The maximum atomic E-state index is 13.2. The van der Waals surface area contributed by atoms with E-state index < -0.39 is 24.7 Å². The lowest BCUT2D eigenvalue weighted by molar-refractivity contribution is -0.184. The predicted octanol–water partition coefficient (Wildman–Crippen LogP) is 1.30. The van der Waals surface area contributed by atoms with Crippen molar-refractivity contribution >= 4 is 30.7 Å². The molecule has 0 aromatic carbocycles. The number of amides is 1. The number of carbonyl (C=O) groups is 1. The lowest BCUT2D eigenvalue weighted by atomic mass is 10.2. The highest BCUT2D eigenvalue weighted by atomic mass is 35.5. The van der Waals surface area contributed by atoms with E-state index in [1.807, 2.05) is 6.07 Å². The second kappa shape index (κ2) is 10.2. The van der Waals surface area contributed by atoms with Crippen molar-refractivity contribution in [1.82, 2.24) is 25.3 Å². The van der Waals surface area contributed by atoms with Crippen LogP contribution in [0.4, 0.5) is 13.2 Å². The van der Waals surface area contributed by atoms with Crippen molar-refractivity contribution in [1.29, 1.82) is 0 Å². The van der Waals surface area contributed by atoms with Crippen LogP contribution in [0.15, 0.2) is 6.07 Å². The van der Waals surface area contributed by atoms with E-state index in [4.69, 9.17) is 0 Å². The number of alkyl halides is 3. The largest absolute Gasteiger partial charge is 0.405 e. The van der Waals surface area contributed by atoms with Gasteiger partial charge >= 0.3 is 6.18 Å². The summed E-state index contributed by atoms with van der Waals surface area (Å²) in [6.45, 7) is 4.75. The summed E-state index contributed by atoms with van der Waals surface area (Å²) < 4.78 is 41.1. The molecule has 1 amide bonds. The Morgan fingerprint density at radius 2 is 1.92 bits per heavy atom. The molecule has 1 aliphatic heterocycles. The van der Waals surface area contributed by atoms with Gasteiger partial charge in [-0.1, -0.05) is 0 Å². The molecule has 0 saturated carbocycles. The van der Waals surface area contributed by atoms with Crippen LogP contribution in [0.2, 0.25) is 0 Å². The predicted molar refractivity (Wildman–Crippen MR) is 93.5 cm³/mol. The summed E-state index contributed by atoms with van der Waals surface area (Å²) in [6.07, 6.45) is -4.37. The van der Waals surface area contributed by atoms with Crippen LogP contribution in [0, 0.1) is 13.8 Å². The Hall–Kier alpha value is -1.03. The fraction of sp³-hybridized carbons (Fsp3) is 0.714. The van der Waals surface area contributed by atoms with E-state index in [9.17, 15) is 18.0 Å². The van der Waals surface area contributed by atoms with Gasteiger partial charge in [-0.3, -0.25) is 14.4 Å². The third-order valence-corrected chi connectivity index (χ3v) is 3.86. The van der Waals surface area contributed by atoms with E-state index in [0.29, 0.717) is 26.2 Å². The highest BCUT2D eigenvalue weighted by Gasteiger charge is 2.43. The monoisotopic (exact) mass is 405 g/mol. The van der Waals surface area contributed by atoms with Crippen molar-refractivity contribution in [3.05, 3.63) is 17.5 Å². The number of nitrogens with zero attached hydrogens (tertiary/aromatic N) is 3. The molecule has 1 atom stereocenters. The summed E-state index contributed by atoms with van der Waals surface area (Å²) in [6, 6.07) is 0.154. The molecule has 2 rings (SSSR count). The normalized spacial score (nSPS) is 16.5. The summed E-state index contributed by atoms with van der Waals surface area (Å²) >= 11 is 0. The van der Waals surface area contributed by atoms with Crippen molar-refractivity contribution in [2.45, 2.75) is 32.6 Å². The molecule has 146 valence electrons. The second-order valence-corrected chi connectivity index (χ2v) is 5.73. The number of carbonyl (C=O) groups excluding carboxylic acids is 1. The van der Waals surface area contributed by atoms with Crippen molar-refractivity contribution in [2.75, 3.05) is 32.7 Å². The maximum absolute atomic E-state index is 13.2. The highest BCUT2D eigenvalue weighted by Crippen LogP contribution is 2.24. The summed E-state index contributed by atoms with van der Waals surface area (Å²) in [7, 11) is 0. The van der Waals surface area contributed by atoms with Crippen LogP contribution in [0.1, 0.15) is 11.4 Å². The Labute approximate surface area is 157 Å². The van der Waals surface area contributed by atoms with Gasteiger partial charge in [-0.2, -0.15) is 18.3 Å². The summed E-state index contributed by atoms with van der Waals surface area (Å²) in [5.74, 6) is -0.472. The van der Waals surface area contributed by atoms with Gasteiger partial charge in [0.1, 0.15) is 12.6 Å². The Kier molecular flexibility index (Phi) is 9.78. The number of rotatable bonds is 5. The minimum absolute atomic E-state index is 0. The number of nitrogens with one attached hydrogen (secondary N) is 2. The molecule has 0 bridgehead atoms. The quantitative estimate of drug-likeness (QED) is 0.774. The van der Waals surface area contributed by atoms with Gasteiger partial charge in [0, 0.05) is 38.4 Å². The molecule has 2 heterocycles. The van der Waals surface area contributed by atoms with Gasteiger partial charge in [0.25, 0.3) is 0 Å². The number of piperazine rings is 1. The molecule has 1 unspecified atom stereocenters. The SMILES string of the molecule is Cc1cc(C)n(CC(=O)NCC(N2CCNCC2)C(F)(F)F)n1.Cl.Cl. The molecule has 1 fully saturated rings. The van der Waals surface area contributed by atoms with Gasteiger partial charge in [0.2, 0.25) is 5.91 Å². The zero-order valence-corrected chi connectivity index (χ0v) is 15.7. The Balaban J connectivity index is 0.00000288. The van der Waals surface area contributed by atoms with Crippen LogP contribution in [0.3, 0.4) is 0 Å². The van der Waals surface area contributed by atoms with E-state index >= 15 is 0 Å². The lowest BCUT2D eigenvalue weighted by Gasteiger charge is -2.35. The third kappa shape index (κ3) is 7.01. The van der Waals surface area contributed by atoms with Gasteiger partial charge < -0.3 is 10.6 Å². The first-order valence-corrected chi connectivity index (χ1v) is 7.56. The molecule has 25 heavy (non-hydrogen) atoms. The molecule has 6 nitrogen and oxygen atoms in total. The van der Waals surface area contributed by atoms with Gasteiger partial charge in [-0.15, -0.1) is 24.8 Å². The first-order chi connectivity index (χ1) is 10.8. The highest BCUT2D eigenvalue weighted by molar-refractivity contribution is 5.85. The van der Waals surface area contributed by atoms with E-state index in [1.165, 1.54) is 9.58 Å². The summed E-state index contributed by atoms with van der Waals surface area (Å²) in [5, 5.41) is 9.54. The second-order valence-electron chi connectivity index (χ2n) is 5.73. The van der Waals surface area contributed by atoms with Crippen molar-refractivity contribution in [3.8, 4) is 0 Å². The maximum Gasteiger partial charge on any atom is 0.405 e. The fourth-order valence-corrected chi connectivity index (χ4v) is 2.68. The van der Waals surface area contributed by atoms with E-state index in [2.05, 4.69) is 15.7 Å². The first-order valence-electron chi connectivity index (χ1n) is 7.56. The third-order valence-electron chi connectivity index (χ3n) is 3.86. The fourth-order valence-electron chi connectivity index (χ4n) is 2.68.